The highest BCUT2D eigenvalue weighted by Crippen LogP contribution is 2.21. The summed E-state index contributed by atoms with van der Waals surface area (Å²) in [5, 5.41) is 10.5. The van der Waals surface area contributed by atoms with Crippen molar-refractivity contribution in [3.63, 3.8) is 0 Å². The molecule has 0 unspecified atom stereocenters. The zero-order valence-corrected chi connectivity index (χ0v) is 14.2. The van der Waals surface area contributed by atoms with Crippen molar-refractivity contribution in [3.05, 3.63) is 85.8 Å². The van der Waals surface area contributed by atoms with Gasteiger partial charge < -0.3 is 5.11 Å². The van der Waals surface area contributed by atoms with Gasteiger partial charge in [-0.05, 0) is 43.2 Å². The Bertz CT molecular complexity index is 1130. The number of para-hydroxylation sites is 1. The van der Waals surface area contributed by atoms with Gasteiger partial charge in [0.1, 0.15) is 11.4 Å². The van der Waals surface area contributed by atoms with Gasteiger partial charge in [0.25, 0.3) is 5.56 Å². The zero-order valence-electron chi connectivity index (χ0n) is 14.2. The first-order valence-corrected chi connectivity index (χ1v) is 7.83. The minimum Gasteiger partial charge on any atom is -0.493 e. The molecular weight excluding hydrogens is 337 g/mol. The third-order valence-corrected chi connectivity index (χ3v) is 3.98. The number of aromatic amines is 1. The number of halogens is 1. The topological polar surface area (TPSA) is 87.4 Å². The normalized spacial score (nSPS) is 11.2. The Morgan fingerprint density at radius 3 is 2.58 bits per heavy atom. The number of nitrogens with zero attached hydrogens (tertiary/aromatic N) is 2. The van der Waals surface area contributed by atoms with Crippen LogP contribution in [0.25, 0.3) is 5.69 Å². The third-order valence-electron chi connectivity index (χ3n) is 3.98. The molecule has 0 saturated carbocycles. The van der Waals surface area contributed by atoms with Gasteiger partial charge in [-0.25, -0.2) is 13.8 Å². The largest absolute Gasteiger partial charge is 0.493 e. The number of hydrogen-bond acceptors (Lipinski definition) is 4. The summed E-state index contributed by atoms with van der Waals surface area (Å²) in [5.74, 6) is -1.00. The maximum Gasteiger partial charge on any atom is 0.335 e. The van der Waals surface area contributed by atoms with Crippen LogP contribution in [0.1, 0.15) is 16.7 Å². The van der Waals surface area contributed by atoms with Crippen LogP contribution in [0.15, 0.2) is 57.0 Å². The lowest BCUT2D eigenvalue weighted by atomic mass is 10.2. The van der Waals surface area contributed by atoms with E-state index in [1.54, 1.807) is 44.2 Å². The molecule has 0 atom stereocenters. The smallest absolute Gasteiger partial charge is 0.335 e. The summed E-state index contributed by atoms with van der Waals surface area (Å²) in [7, 11) is 0. The van der Waals surface area contributed by atoms with Gasteiger partial charge in [-0.2, -0.15) is 0 Å². The Labute approximate surface area is 147 Å². The number of benzene rings is 2. The van der Waals surface area contributed by atoms with Crippen molar-refractivity contribution in [1.29, 1.82) is 0 Å². The quantitative estimate of drug-likeness (QED) is 0.710. The van der Waals surface area contributed by atoms with E-state index in [4.69, 9.17) is 0 Å². The fourth-order valence-corrected chi connectivity index (χ4v) is 2.55. The number of rotatable bonds is 3. The monoisotopic (exact) mass is 353 g/mol. The van der Waals surface area contributed by atoms with Gasteiger partial charge in [0.05, 0.1) is 11.4 Å². The molecule has 0 amide bonds. The number of aliphatic imine (C=N–C) groups is 1. The van der Waals surface area contributed by atoms with Crippen LogP contribution in [0.5, 0.6) is 5.88 Å². The third kappa shape index (κ3) is 3.19. The van der Waals surface area contributed by atoms with E-state index >= 15 is 0 Å². The Morgan fingerprint density at radius 2 is 1.85 bits per heavy atom. The second kappa shape index (κ2) is 6.79. The second-order valence-electron chi connectivity index (χ2n) is 5.81. The number of hydrogen-bond donors (Lipinski definition) is 2. The summed E-state index contributed by atoms with van der Waals surface area (Å²) in [5.41, 5.74) is 0.444. The van der Waals surface area contributed by atoms with Gasteiger partial charge in [0.2, 0.25) is 5.88 Å². The van der Waals surface area contributed by atoms with Gasteiger partial charge in [-0.15, -0.1) is 0 Å². The molecular formula is C19H16FN3O3. The van der Waals surface area contributed by atoms with Crippen molar-refractivity contribution in [1.82, 2.24) is 9.55 Å². The summed E-state index contributed by atoms with van der Waals surface area (Å²) < 4.78 is 14.4. The summed E-state index contributed by atoms with van der Waals surface area (Å²) in [6.07, 6.45) is 1.12. The lowest BCUT2D eigenvalue weighted by Crippen LogP contribution is -2.31. The Morgan fingerprint density at radius 1 is 1.12 bits per heavy atom. The molecule has 132 valence electrons. The molecule has 0 radical (unpaired) electrons. The van der Waals surface area contributed by atoms with Crippen LogP contribution >= 0.6 is 0 Å². The lowest BCUT2D eigenvalue weighted by Gasteiger charge is -2.11. The van der Waals surface area contributed by atoms with Crippen LogP contribution in [0.3, 0.4) is 0 Å². The predicted molar refractivity (Wildman–Crippen MR) is 97.5 cm³/mol. The summed E-state index contributed by atoms with van der Waals surface area (Å²) in [6.45, 7) is 3.51. The molecule has 0 bridgehead atoms. The first-order valence-electron chi connectivity index (χ1n) is 7.83. The SMILES string of the molecule is Cc1ccc(F)cc1N=Cc1c(O)n(-c2ccccc2C)c(=O)[nH]c1=O. The molecule has 0 aliphatic heterocycles. The second-order valence-corrected chi connectivity index (χ2v) is 5.81. The van der Waals surface area contributed by atoms with Crippen molar-refractivity contribution >= 4 is 11.9 Å². The predicted octanol–water partition coefficient (Wildman–Crippen LogP) is 2.74. The molecule has 0 saturated heterocycles. The van der Waals surface area contributed by atoms with Crippen LogP contribution in [0, 0.1) is 19.7 Å². The fourth-order valence-electron chi connectivity index (χ4n) is 2.55. The lowest BCUT2D eigenvalue weighted by molar-refractivity contribution is 0.430. The molecule has 7 heteroatoms. The Balaban J connectivity index is 2.18. The van der Waals surface area contributed by atoms with Gasteiger partial charge >= 0.3 is 5.69 Å². The first-order chi connectivity index (χ1) is 12.4. The average Bonchev–Trinajstić information content (AvgIpc) is 2.59. The summed E-state index contributed by atoms with van der Waals surface area (Å²) in [4.78, 5) is 30.5. The molecule has 1 heterocycles. The molecule has 3 aromatic rings. The minimum atomic E-state index is -0.782. The van der Waals surface area contributed by atoms with Crippen molar-refractivity contribution in [2.45, 2.75) is 13.8 Å². The molecule has 0 spiro atoms. The minimum absolute atomic E-state index is 0.198. The molecule has 3 rings (SSSR count). The Kier molecular flexibility index (Phi) is 4.53. The number of aromatic hydroxyl groups is 1. The fraction of sp³-hybridized carbons (Fsp3) is 0.105. The first kappa shape index (κ1) is 17.3. The van der Waals surface area contributed by atoms with Crippen molar-refractivity contribution in [2.75, 3.05) is 0 Å². The highest BCUT2D eigenvalue weighted by molar-refractivity contribution is 5.84. The molecule has 2 N–H and O–H groups in total. The number of aromatic nitrogens is 2. The maximum atomic E-state index is 13.4. The number of aryl methyl sites for hydroxylation is 2. The van der Waals surface area contributed by atoms with E-state index in [1.807, 2.05) is 0 Å². The van der Waals surface area contributed by atoms with E-state index in [9.17, 15) is 19.1 Å². The average molecular weight is 353 g/mol. The van der Waals surface area contributed by atoms with E-state index in [0.717, 1.165) is 16.3 Å². The van der Waals surface area contributed by atoms with E-state index < -0.39 is 22.9 Å². The van der Waals surface area contributed by atoms with Crippen molar-refractivity contribution in [2.24, 2.45) is 4.99 Å². The highest BCUT2D eigenvalue weighted by atomic mass is 19.1. The van der Waals surface area contributed by atoms with E-state index in [-0.39, 0.29) is 5.56 Å². The van der Waals surface area contributed by atoms with Crippen LogP contribution in [-0.2, 0) is 0 Å². The molecule has 26 heavy (non-hydrogen) atoms. The van der Waals surface area contributed by atoms with Gasteiger partial charge in [0.15, 0.2) is 0 Å². The zero-order chi connectivity index (χ0) is 18.8. The van der Waals surface area contributed by atoms with Crippen molar-refractivity contribution < 1.29 is 9.50 Å². The van der Waals surface area contributed by atoms with Crippen LogP contribution in [-0.4, -0.2) is 20.9 Å². The maximum absolute atomic E-state index is 13.4. The van der Waals surface area contributed by atoms with E-state index in [2.05, 4.69) is 9.98 Å². The highest BCUT2D eigenvalue weighted by Gasteiger charge is 2.15. The van der Waals surface area contributed by atoms with E-state index in [0.29, 0.717) is 16.9 Å². The molecule has 6 nitrogen and oxygen atoms in total. The number of H-pyrrole nitrogens is 1. The van der Waals surface area contributed by atoms with Crippen molar-refractivity contribution in [3.8, 4) is 11.6 Å². The van der Waals surface area contributed by atoms with Crippen LogP contribution in [0.2, 0.25) is 0 Å². The molecule has 1 aromatic heterocycles. The van der Waals surface area contributed by atoms with Crippen LogP contribution in [0.4, 0.5) is 10.1 Å². The standard InChI is InChI=1S/C19H16FN3O3/c1-11-7-8-13(20)9-15(11)21-10-14-17(24)22-19(26)23(18(14)25)16-6-4-3-5-12(16)2/h3-10,25H,1-2H3,(H,22,24,26). The van der Waals surface area contributed by atoms with Gasteiger partial charge in [-0.3, -0.25) is 14.8 Å². The van der Waals surface area contributed by atoms with Gasteiger partial charge in [0, 0.05) is 6.21 Å². The molecule has 0 aliphatic rings. The Hall–Kier alpha value is -3.48. The molecule has 2 aromatic carbocycles. The number of nitrogens with one attached hydrogen (secondary N) is 1. The summed E-state index contributed by atoms with van der Waals surface area (Å²) >= 11 is 0. The van der Waals surface area contributed by atoms with Crippen LogP contribution < -0.4 is 11.2 Å². The van der Waals surface area contributed by atoms with E-state index in [1.165, 1.54) is 12.1 Å². The van der Waals surface area contributed by atoms with Gasteiger partial charge in [-0.1, -0.05) is 24.3 Å². The molecule has 0 fully saturated rings. The summed E-state index contributed by atoms with van der Waals surface area (Å²) in [6, 6.07) is 11.0. The molecule has 0 aliphatic carbocycles.